The topological polar surface area (TPSA) is 12.0 Å². The first-order chi connectivity index (χ1) is 9.79. The van der Waals surface area contributed by atoms with Crippen LogP contribution in [0.4, 0.5) is 18.9 Å². The van der Waals surface area contributed by atoms with Gasteiger partial charge in [-0.2, -0.15) is 13.2 Å². The quantitative estimate of drug-likeness (QED) is 0.617. The smallest absolute Gasteiger partial charge is 0.369 e. The van der Waals surface area contributed by atoms with Gasteiger partial charge >= 0.3 is 6.18 Å². The monoisotopic (exact) mass is 421 g/mol. The van der Waals surface area contributed by atoms with Gasteiger partial charge in [-0.3, -0.25) is 0 Å². The van der Waals surface area contributed by atoms with Gasteiger partial charge in [-0.1, -0.05) is 30.3 Å². The van der Waals surface area contributed by atoms with Gasteiger partial charge in [0.25, 0.3) is 0 Å². The van der Waals surface area contributed by atoms with E-state index >= 15 is 0 Å². The Bertz CT molecular complexity index is 604. The lowest BCUT2D eigenvalue weighted by Gasteiger charge is -2.24. The summed E-state index contributed by atoms with van der Waals surface area (Å²) in [5.74, 6) is 0. The fourth-order valence-corrected chi connectivity index (χ4v) is 3.63. The minimum atomic E-state index is -4.40. The van der Waals surface area contributed by atoms with E-state index in [0.717, 1.165) is 5.56 Å². The summed E-state index contributed by atoms with van der Waals surface area (Å²) >= 11 is 6.61. The number of hydrogen-bond acceptors (Lipinski definition) is 1. The van der Waals surface area contributed by atoms with Crippen LogP contribution in [0, 0.1) is 6.92 Å². The molecular formula is C15H12Br2F3N. The Morgan fingerprint density at radius 2 is 1.52 bits per heavy atom. The van der Waals surface area contributed by atoms with Crippen molar-refractivity contribution >= 4 is 37.5 Å². The Hall–Kier alpha value is -1.01. The number of aryl methyl sites for hydroxylation is 1. The molecule has 2 aromatic rings. The summed E-state index contributed by atoms with van der Waals surface area (Å²) in [5.41, 5.74) is 1.50. The van der Waals surface area contributed by atoms with Crippen molar-refractivity contribution < 1.29 is 13.2 Å². The maximum Gasteiger partial charge on any atom is 0.412 e. The van der Waals surface area contributed by atoms with E-state index in [9.17, 15) is 13.2 Å². The summed E-state index contributed by atoms with van der Waals surface area (Å²) in [4.78, 5) is 0. The molecule has 0 spiro atoms. The molecule has 2 rings (SSSR count). The van der Waals surface area contributed by atoms with Crippen LogP contribution in [0.15, 0.2) is 51.4 Å². The fraction of sp³-hybridized carbons (Fsp3) is 0.200. The summed E-state index contributed by atoms with van der Waals surface area (Å²) in [5, 5.41) is 2.58. The number of halogens is 5. The van der Waals surface area contributed by atoms with E-state index in [0.29, 0.717) is 14.6 Å². The molecule has 1 unspecified atom stereocenters. The van der Waals surface area contributed by atoms with Crippen molar-refractivity contribution in [3.63, 3.8) is 0 Å². The standard InChI is InChI=1S/C15H12Br2F3N/c1-9-7-11(16)13(12(17)8-9)21-14(15(18,19)20)10-5-3-2-4-6-10/h2-8,14,21H,1H3. The average Bonchev–Trinajstić information content (AvgIpc) is 2.37. The highest BCUT2D eigenvalue weighted by Gasteiger charge is 2.41. The van der Waals surface area contributed by atoms with Crippen molar-refractivity contribution in [1.29, 1.82) is 0 Å². The van der Waals surface area contributed by atoms with Crippen molar-refractivity contribution in [2.24, 2.45) is 0 Å². The summed E-state index contributed by atoms with van der Waals surface area (Å²) in [6.45, 7) is 1.87. The average molecular weight is 423 g/mol. The van der Waals surface area contributed by atoms with Gasteiger partial charge in [-0.05, 0) is 62.0 Å². The third-order valence-corrected chi connectivity index (χ3v) is 4.19. The van der Waals surface area contributed by atoms with Crippen LogP contribution in [0.25, 0.3) is 0 Å². The molecule has 6 heteroatoms. The summed E-state index contributed by atoms with van der Waals surface area (Å²) < 4.78 is 41.2. The second-order valence-corrected chi connectivity index (χ2v) is 6.34. The van der Waals surface area contributed by atoms with Crippen LogP contribution >= 0.6 is 31.9 Å². The third-order valence-electron chi connectivity index (χ3n) is 2.94. The van der Waals surface area contributed by atoms with Crippen molar-refractivity contribution in [3.05, 3.63) is 62.5 Å². The van der Waals surface area contributed by atoms with Gasteiger partial charge in [-0.15, -0.1) is 0 Å². The van der Waals surface area contributed by atoms with Gasteiger partial charge < -0.3 is 5.32 Å². The predicted molar refractivity (Wildman–Crippen MR) is 85.4 cm³/mol. The van der Waals surface area contributed by atoms with E-state index in [4.69, 9.17) is 0 Å². The molecule has 0 amide bonds. The lowest BCUT2D eigenvalue weighted by Crippen LogP contribution is -2.28. The van der Waals surface area contributed by atoms with Gasteiger partial charge in [0.2, 0.25) is 0 Å². The molecule has 1 nitrogen and oxygen atoms in total. The summed E-state index contributed by atoms with van der Waals surface area (Å²) in [7, 11) is 0. The van der Waals surface area contributed by atoms with Crippen LogP contribution in [-0.2, 0) is 0 Å². The van der Waals surface area contributed by atoms with E-state index in [1.165, 1.54) is 12.1 Å². The molecule has 0 saturated heterocycles. The molecule has 0 radical (unpaired) electrons. The van der Waals surface area contributed by atoms with Crippen LogP contribution in [-0.4, -0.2) is 6.18 Å². The number of hydrogen-bond donors (Lipinski definition) is 1. The largest absolute Gasteiger partial charge is 0.412 e. The normalized spacial score (nSPS) is 13.0. The van der Waals surface area contributed by atoms with E-state index in [-0.39, 0.29) is 5.56 Å². The highest BCUT2D eigenvalue weighted by atomic mass is 79.9. The summed E-state index contributed by atoms with van der Waals surface area (Å²) in [6.07, 6.45) is -4.40. The maximum atomic E-state index is 13.3. The molecule has 0 aromatic heterocycles. The number of anilines is 1. The highest BCUT2D eigenvalue weighted by Crippen LogP contribution is 2.40. The molecule has 112 valence electrons. The van der Waals surface area contributed by atoms with E-state index in [1.54, 1.807) is 30.3 Å². The summed E-state index contributed by atoms with van der Waals surface area (Å²) in [6, 6.07) is 9.56. The molecular weight excluding hydrogens is 411 g/mol. The number of alkyl halides is 3. The van der Waals surface area contributed by atoms with E-state index in [2.05, 4.69) is 37.2 Å². The van der Waals surface area contributed by atoms with Gasteiger partial charge in [0.05, 0.1) is 5.69 Å². The first-order valence-corrected chi connectivity index (χ1v) is 7.71. The number of benzene rings is 2. The molecule has 1 N–H and O–H groups in total. The van der Waals surface area contributed by atoms with Crippen LogP contribution in [0.3, 0.4) is 0 Å². The SMILES string of the molecule is Cc1cc(Br)c(NC(c2ccccc2)C(F)(F)F)c(Br)c1. The van der Waals surface area contributed by atoms with Gasteiger partial charge in [0, 0.05) is 8.95 Å². The van der Waals surface area contributed by atoms with Gasteiger partial charge in [-0.25, -0.2) is 0 Å². The molecule has 0 fully saturated rings. The van der Waals surface area contributed by atoms with Crippen molar-refractivity contribution in [3.8, 4) is 0 Å². The Kier molecular flexibility index (Phi) is 4.99. The zero-order chi connectivity index (χ0) is 15.6. The molecule has 21 heavy (non-hydrogen) atoms. The first kappa shape index (κ1) is 16.4. The number of rotatable bonds is 3. The Morgan fingerprint density at radius 3 is 2.00 bits per heavy atom. The zero-order valence-corrected chi connectivity index (χ0v) is 14.2. The molecule has 1 atom stereocenters. The molecule has 0 aliphatic carbocycles. The minimum absolute atomic E-state index is 0.171. The Morgan fingerprint density at radius 1 is 1.00 bits per heavy atom. The van der Waals surface area contributed by atoms with Gasteiger partial charge in [0.15, 0.2) is 0 Å². The van der Waals surface area contributed by atoms with Crippen LogP contribution in [0.2, 0.25) is 0 Å². The van der Waals surface area contributed by atoms with Crippen LogP contribution in [0.1, 0.15) is 17.2 Å². The highest BCUT2D eigenvalue weighted by molar-refractivity contribution is 9.11. The molecule has 0 aliphatic heterocycles. The predicted octanol–water partition coefficient (Wildman–Crippen LogP) is 6.24. The van der Waals surface area contributed by atoms with Crippen molar-refractivity contribution in [1.82, 2.24) is 0 Å². The van der Waals surface area contributed by atoms with Crippen LogP contribution in [0.5, 0.6) is 0 Å². The van der Waals surface area contributed by atoms with Crippen molar-refractivity contribution in [2.75, 3.05) is 5.32 Å². The fourth-order valence-electron chi connectivity index (χ4n) is 1.98. The second-order valence-electron chi connectivity index (χ2n) is 4.63. The van der Waals surface area contributed by atoms with Crippen molar-refractivity contribution in [2.45, 2.75) is 19.1 Å². The lowest BCUT2D eigenvalue weighted by molar-refractivity contribution is -0.144. The molecule has 0 saturated carbocycles. The lowest BCUT2D eigenvalue weighted by atomic mass is 10.1. The minimum Gasteiger partial charge on any atom is -0.369 e. The Balaban J connectivity index is 2.42. The molecule has 2 aromatic carbocycles. The second kappa shape index (κ2) is 6.40. The molecule has 0 aliphatic rings. The zero-order valence-electron chi connectivity index (χ0n) is 11.0. The Labute approximate surface area is 137 Å². The first-order valence-electron chi connectivity index (χ1n) is 6.13. The van der Waals surface area contributed by atoms with Crippen LogP contribution < -0.4 is 5.32 Å². The third kappa shape index (κ3) is 4.01. The van der Waals surface area contributed by atoms with E-state index in [1.807, 2.05) is 6.92 Å². The molecule has 0 heterocycles. The molecule has 0 bridgehead atoms. The number of nitrogens with one attached hydrogen (secondary N) is 1. The maximum absolute atomic E-state index is 13.3. The van der Waals surface area contributed by atoms with Gasteiger partial charge in [0.1, 0.15) is 6.04 Å². The van der Waals surface area contributed by atoms with E-state index < -0.39 is 12.2 Å².